The second-order valence-corrected chi connectivity index (χ2v) is 7.41. The highest BCUT2D eigenvalue weighted by Crippen LogP contribution is 2.24. The molecular weight excluding hydrogens is 318 g/mol. The topological polar surface area (TPSA) is 12.0 Å². The Kier molecular flexibility index (Phi) is 5.61. The summed E-state index contributed by atoms with van der Waals surface area (Å²) >= 11 is 5.36. The van der Waals surface area contributed by atoms with Crippen LogP contribution in [0.4, 0.5) is 0 Å². The molecule has 19 heavy (non-hydrogen) atoms. The van der Waals surface area contributed by atoms with Crippen LogP contribution in [0.1, 0.15) is 22.4 Å². The van der Waals surface area contributed by atoms with Crippen molar-refractivity contribution < 1.29 is 0 Å². The summed E-state index contributed by atoms with van der Waals surface area (Å²) in [7, 11) is 2.06. The van der Waals surface area contributed by atoms with Gasteiger partial charge in [-0.3, -0.25) is 0 Å². The van der Waals surface area contributed by atoms with E-state index in [1.165, 1.54) is 26.2 Å². The zero-order valence-electron chi connectivity index (χ0n) is 11.4. The van der Waals surface area contributed by atoms with Crippen molar-refractivity contribution in [2.75, 3.05) is 7.05 Å². The van der Waals surface area contributed by atoms with E-state index in [1.54, 1.807) is 0 Å². The third-order valence-corrected chi connectivity index (χ3v) is 5.15. The molecule has 102 valence electrons. The van der Waals surface area contributed by atoms with Crippen molar-refractivity contribution in [1.29, 1.82) is 0 Å². The Morgan fingerprint density at radius 3 is 2.63 bits per heavy atom. The van der Waals surface area contributed by atoms with Gasteiger partial charge in [0.25, 0.3) is 0 Å². The lowest BCUT2D eigenvalue weighted by atomic mass is 9.99. The van der Waals surface area contributed by atoms with Crippen molar-refractivity contribution in [3.05, 3.63) is 56.2 Å². The Labute approximate surface area is 128 Å². The van der Waals surface area contributed by atoms with Gasteiger partial charge in [0.05, 0.1) is 3.79 Å². The fraction of sp³-hybridized carbons (Fsp3) is 0.375. The van der Waals surface area contributed by atoms with Gasteiger partial charge in [0, 0.05) is 10.9 Å². The monoisotopic (exact) mass is 337 g/mol. The largest absolute Gasteiger partial charge is 0.317 e. The zero-order valence-corrected chi connectivity index (χ0v) is 13.9. The number of aryl methyl sites for hydroxylation is 2. The first-order chi connectivity index (χ1) is 9.19. The molecule has 0 aliphatic heterocycles. The van der Waals surface area contributed by atoms with Gasteiger partial charge < -0.3 is 5.32 Å². The Balaban J connectivity index is 1.91. The maximum Gasteiger partial charge on any atom is 0.0701 e. The van der Waals surface area contributed by atoms with Gasteiger partial charge in [0.15, 0.2) is 0 Å². The Bertz CT molecular complexity index is 521. The molecular formula is C16H20BrNS. The number of halogens is 1. The van der Waals surface area contributed by atoms with E-state index in [2.05, 4.69) is 71.6 Å². The molecule has 1 nitrogen and oxygen atoms in total. The van der Waals surface area contributed by atoms with Gasteiger partial charge in [-0.25, -0.2) is 0 Å². The molecule has 2 aromatic rings. The van der Waals surface area contributed by atoms with Crippen LogP contribution in [-0.4, -0.2) is 13.1 Å². The summed E-state index contributed by atoms with van der Waals surface area (Å²) in [5.41, 5.74) is 2.87. The van der Waals surface area contributed by atoms with E-state index in [4.69, 9.17) is 0 Å². The van der Waals surface area contributed by atoms with E-state index >= 15 is 0 Å². The molecule has 0 aliphatic rings. The fourth-order valence-corrected chi connectivity index (χ4v) is 3.84. The summed E-state index contributed by atoms with van der Waals surface area (Å²) in [6.45, 7) is 2.19. The highest BCUT2D eigenvalue weighted by molar-refractivity contribution is 9.11. The second-order valence-electron chi connectivity index (χ2n) is 4.86. The average molecular weight is 338 g/mol. The van der Waals surface area contributed by atoms with Crippen LogP contribution >= 0.6 is 27.3 Å². The Morgan fingerprint density at radius 1 is 1.21 bits per heavy atom. The van der Waals surface area contributed by atoms with E-state index in [0.717, 1.165) is 12.8 Å². The minimum Gasteiger partial charge on any atom is -0.317 e. The molecule has 1 unspecified atom stereocenters. The summed E-state index contributed by atoms with van der Waals surface area (Å²) in [6, 6.07) is 13.6. The molecule has 2 rings (SSSR count). The molecule has 0 fully saturated rings. The highest BCUT2D eigenvalue weighted by atomic mass is 79.9. The first-order valence-electron chi connectivity index (χ1n) is 6.65. The second kappa shape index (κ2) is 7.22. The van der Waals surface area contributed by atoms with Gasteiger partial charge >= 0.3 is 0 Å². The predicted molar refractivity (Wildman–Crippen MR) is 88.1 cm³/mol. The third-order valence-electron chi connectivity index (χ3n) is 3.51. The Hall–Kier alpha value is -0.640. The van der Waals surface area contributed by atoms with Crippen LogP contribution < -0.4 is 5.32 Å². The maximum absolute atomic E-state index is 3.53. The molecule has 0 radical (unpaired) electrons. The molecule has 0 bridgehead atoms. The summed E-state index contributed by atoms with van der Waals surface area (Å²) in [5, 5.41) is 3.44. The molecule has 0 amide bonds. The molecule has 0 aliphatic carbocycles. The van der Waals surface area contributed by atoms with Gasteiger partial charge in [-0.05, 0) is 72.4 Å². The molecule has 0 saturated carbocycles. The minimum absolute atomic E-state index is 0.546. The lowest BCUT2D eigenvalue weighted by Crippen LogP contribution is -2.27. The van der Waals surface area contributed by atoms with Crippen molar-refractivity contribution >= 4 is 27.3 Å². The molecule has 1 atom stereocenters. The van der Waals surface area contributed by atoms with Crippen LogP contribution in [0.25, 0.3) is 0 Å². The number of thiophene rings is 1. The van der Waals surface area contributed by atoms with E-state index in [0.29, 0.717) is 6.04 Å². The lowest BCUT2D eigenvalue weighted by Gasteiger charge is -2.16. The van der Waals surface area contributed by atoms with Crippen LogP contribution in [0.3, 0.4) is 0 Å². The summed E-state index contributed by atoms with van der Waals surface area (Å²) in [5.74, 6) is 0. The average Bonchev–Trinajstić information content (AvgIpc) is 2.81. The van der Waals surface area contributed by atoms with Crippen LogP contribution in [0.2, 0.25) is 0 Å². The number of benzene rings is 1. The van der Waals surface area contributed by atoms with Crippen molar-refractivity contribution in [1.82, 2.24) is 5.32 Å². The summed E-state index contributed by atoms with van der Waals surface area (Å²) in [6.07, 6.45) is 3.43. The number of nitrogens with one attached hydrogen (secondary N) is 1. The standard InChI is InChI=1S/C16H20BrNS/c1-12-5-3-4-6-13(12)7-8-14(18-2)11-15-9-10-16(17)19-15/h3-6,9-10,14,18H,7-8,11H2,1-2H3. The van der Waals surface area contributed by atoms with Gasteiger partial charge in [-0.2, -0.15) is 0 Å². The lowest BCUT2D eigenvalue weighted by molar-refractivity contribution is 0.523. The molecule has 1 aromatic heterocycles. The first kappa shape index (κ1) is 14.8. The maximum atomic E-state index is 3.53. The number of hydrogen-bond acceptors (Lipinski definition) is 2. The van der Waals surface area contributed by atoms with Gasteiger partial charge in [0.1, 0.15) is 0 Å². The van der Waals surface area contributed by atoms with Gasteiger partial charge in [0.2, 0.25) is 0 Å². The Morgan fingerprint density at radius 2 is 2.00 bits per heavy atom. The smallest absolute Gasteiger partial charge is 0.0701 e. The van der Waals surface area contributed by atoms with Crippen LogP contribution in [0.15, 0.2) is 40.2 Å². The minimum atomic E-state index is 0.546. The molecule has 1 aromatic carbocycles. The predicted octanol–water partition coefficient (Wildman–Crippen LogP) is 4.58. The van der Waals surface area contributed by atoms with Gasteiger partial charge in [-0.1, -0.05) is 24.3 Å². The number of rotatable bonds is 6. The van der Waals surface area contributed by atoms with E-state index in [1.807, 2.05) is 11.3 Å². The molecule has 1 heterocycles. The van der Waals surface area contributed by atoms with Crippen LogP contribution in [0, 0.1) is 6.92 Å². The number of likely N-dealkylation sites (N-methyl/N-ethyl adjacent to an activating group) is 1. The molecule has 3 heteroatoms. The normalized spacial score (nSPS) is 12.6. The zero-order chi connectivity index (χ0) is 13.7. The molecule has 0 saturated heterocycles. The van der Waals surface area contributed by atoms with Crippen molar-refractivity contribution in [2.24, 2.45) is 0 Å². The molecule has 0 spiro atoms. The van der Waals surface area contributed by atoms with E-state index in [9.17, 15) is 0 Å². The first-order valence-corrected chi connectivity index (χ1v) is 8.26. The fourth-order valence-electron chi connectivity index (χ4n) is 2.27. The van der Waals surface area contributed by atoms with E-state index in [-0.39, 0.29) is 0 Å². The van der Waals surface area contributed by atoms with Gasteiger partial charge in [-0.15, -0.1) is 11.3 Å². The number of hydrogen-bond donors (Lipinski definition) is 1. The van der Waals surface area contributed by atoms with Crippen LogP contribution in [0.5, 0.6) is 0 Å². The summed E-state index contributed by atoms with van der Waals surface area (Å²) in [4.78, 5) is 1.44. The highest BCUT2D eigenvalue weighted by Gasteiger charge is 2.10. The third kappa shape index (κ3) is 4.44. The molecule has 1 N–H and O–H groups in total. The van der Waals surface area contributed by atoms with Crippen LogP contribution in [-0.2, 0) is 12.8 Å². The SMILES string of the molecule is CNC(CCc1ccccc1C)Cc1ccc(Br)s1. The summed E-state index contributed by atoms with van der Waals surface area (Å²) < 4.78 is 1.22. The van der Waals surface area contributed by atoms with E-state index < -0.39 is 0 Å². The quantitative estimate of drug-likeness (QED) is 0.813. The van der Waals surface area contributed by atoms with Crippen molar-refractivity contribution in [2.45, 2.75) is 32.2 Å². The van der Waals surface area contributed by atoms with Crippen molar-refractivity contribution in [3.63, 3.8) is 0 Å². The van der Waals surface area contributed by atoms with Crippen molar-refractivity contribution in [3.8, 4) is 0 Å².